The first-order chi connectivity index (χ1) is 8.38. The van der Waals surface area contributed by atoms with E-state index in [9.17, 15) is 0 Å². The molecule has 3 aromatic rings. The van der Waals surface area contributed by atoms with Gasteiger partial charge in [0, 0.05) is 18.8 Å². The topological polar surface area (TPSA) is 53.6 Å². The summed E-state index contributed by atoms with van der Waals surface area (Å²) in [5.74, 6) is 0.843. The summed E-state index contributed by atoms with van der Waals surface area (Å²) < 4.78 is 0. The number of nitrogens with zero attached hydrogens (tertiary/aromatic N) is 2. The van der Waals surface area contributed by atoms with E-state index in [4.69, 9.17) is 0 Å². The molecule has 0 aliphatic heterocycles. The van der Waals surface area contributed by atoms with Crippen molar-refractivity contribution in [2.24, 2.45) is 0 Å². The summed E-state index contributed by atoms with van der Waals surface area (Å²) in [5.41, 5.74) is 3.74. The van der Waals surface area contributed by atoms with Gasteiger partial charge in [0.2, 0.25) is 0 Å². The SMILES string of the molecule is CNc1ccnc2nc(-c3ccccc3)[nH]c12. The van der Waals surface area contributed by atoms with Crippen LogP contribution >= 0.6 is 0 Å². The molecule has 84 valence electrons. The fraction of sp³-hybridized carbons (Fsp3) is 0.0769. The highest BCUT2D eigenvalue weighted by Crippen LogP contribution is 2.23. The van der Waals surface area contributed by atoms with E-state index < -0.39 is 0 Å². The fourth-order valence-corrected chi connectivity index (χ4v) is 1.85. The number of benzene rings is 1. The van der Waals surface area contributed by atoms with Gasteiger partial charge in [-0.05, 0) is 6.07 Å². The van der Waals surface area contributed by atoms with Crippen LogP contribution in [-0.4, -0.2) is 22.0 Å². The van der Waals surface area contributed by atoms with Crippen molar-refractivity contribution in [2.45, 2.75) is 0 Å². The molecule has 0 spiro atoms. The number of aromatic nitrogens is 3. The summed E-state index contributed by atoms with van der Waals surface area (Å²) in [7, 11) is 1.89. The van der Waals surface area contributed by atoms with Crippen LogP contribution in [0.5, 0.6) is 0 Å². The highest BCUT2D eigenvalue weighted by Gasteiger charge is 2.08. The average Bonchev–Trinajstić information content (AvgIpc) is 2.83. The zero-order valence-electron chi connectivity index (χ0n) is 9.44. The van der Waals surface area contributed by atoms with Crippen LogP contribution in [0.3, 0.4) is 0 Å². The molecule has 0 fully saturated rings. The number of pyridine rings is 1. The molecule has 0 unspecified atom stereocenters. The Morgan fingerprint density at radius 1 is 1.12 bits per heavy atom. The van der Waals surface area contributed by atoms with E-state index >= 15 is 0 Å². The second kappa shape index (κ2) is 3.90. The van der Waals surface area contributed by atoms with Crippen molar-refractivity contribution >= 4 is 16.9 Å². The number of H-pyrrole nitrogens is 1. The maximum Gasteiger partial charge on any atom is 0.180 e. The summed E-state index contributed by atoms with van der Waals surface area (Å²) in [6, 6.07) is 12.0. The first kappa shape index (κ1) is 9.84. The van der Waals surface area contributed by atoms with Gasteiger partial charge >= 0.3 is 0 Å². The number of imidazole rings is 1. The summed E-state index contributed by atoms with van der Waals surface area (Å²) >= 11 is 0. The number of fused-ring (bicyclic) bond motifs is 1. The molecule has 4 heteroatoms. The third-order valence-corrected chi connectivity index (χ3v) is 2.71. The Bertz CT molecular complexity index is 643. The van der Waals surface area contributed by atoms with E-state index in [-0.39, 0.29) is 0 Å². The number of hydrogen-bond acceptors (Lipinski definition) is 3. The molecule has 2 heterocycles. The van der Waals surface area contributed by atoms with Gasteiger partial charge in [-0.25, -0.2) is 9.97 Å². The van der Waals surface area contributed by atoms with E-state index in [2.05, 4.69) is 20.3 Å². The van der Waals surface area contributed by atoms with Crippen molar-refractivity contribution < 1.29 is 0 Å². The molecule has 0 radical (unpaired) electrons. The van der Waals surface area contributed by atoms with E-state index in [1.165, 1.54) is 0 Å². The average molecular weight is 224 g/mol. The van der Waals surface area contributed by atoms with Crippen molar-refractivity contribution in [1.82, 2.24) is 15.0 Å². The predicted octanol–water partition coefficient (Wildman–Crippen LogP) is 2.67. The van der Waals surface area contributed by atoms with Gasteiger partial charge in [0.15, 0.2) is 5.65 Å². The molecule has 0 saturated carbocycles. The number of aromatic amines is 1. The summed E-state index contributed by atoms with van der Waals surface area (Å²) in [5, 5.41) is 3.12. The van der Waals surface area contributed by atoms with Crippen LogP contribution in [0.1, 0.15) is 0 Å². The Hall–Kier alpha value is -2.36. The molecule has 4 nitrogen and oxygen atoms in total. The normalized spacial score (nSPS) is 10.6. The van der Waals surface area contributed by atoms with Crippen molar-refractivity contribution in [2.75, 3.05) is 12.4 Å². The van der Waals surface area contributed by atoms with Crippen LogP contribution in [-0.2, 0) is 0 Å². The zero-order valence-corrected chi connectivity index (χ0v) is 9.44. The molecule has 0 saturated heterocycles. The third kappa shape index (κ3) is 1.63. The summed E-state index contributed by atoms with van der Waals surface area (Å²) in [6.07, 6.45) is 1.75. The molecule has 1 aromatic carbocycles. The molecule has 3 rings (SSSR count). The minimum absolute atomic E-state index is 0.732. The van der Waals surface area contributed by atoms with E-state index in [0.717, 1.165) is 28.2 Å². The van der Waals surface area contributed by atoms with Gasteiger partial charge in [0.05, 0.1) is 5.69 Å². The highest BCUT2D eigenvalue weighted by atomic mass is 15.0. The lowest BCUT2D eigenvalue weighted by Gasteiger charge is -1.98. The monoisotopic (exact) mass is 224 g/mol. The predicted molar refractivity (Wildman–Crippen MR) is 68.9 cm³/mol. The summed E-state index contributed by atoms with van der Waals surface area (Å²) in [6.45, 7) is 0. The Morgan fingerprint density at radius 3 is 2.71 bits per heavy atom. The van der Waals surface area contributed by atoms with Gasteiger partial charge in [-0.2, -0.15) is 0 Å². The Morgan fingerprint density at radius 2 is 1.94 bits per heavy atom. The summed E-state index contributed by atoms with van der Waals surface area (Å²) in [4.78, 5) is 12.0. The van der Waals surface area contributed by atoms with Crippen LogP contribution in [0.15, 0.2) is 42.6 Å². The molecule has 0 bridgehead atoms. The second-order valence-corrected chi connectivity index (χ2v) is 3.76. The first-order valence-corrected chi connectivity index (χ1v) is 5.46. The molecule has 0 aliphatic rings. The second-order valence-electron chi connectivity index (χ2n) is 3.76. The fourth-order valence-electron chi connectivity index (χ4n) is 1.85. The molecular formula is C13H12N4. The van der Waals surface area contributed by atoms with E-state index in [1.807, 2.05) is 43.4 Å². The van der Waals surface area contributed by atoms with Crippen LogP contribution in [0.25, 0.3) is 22.6 Å². The van der Waals surface area contributed by atoms with E-state index in [1.54, 1.807) is 6.20 Å². The maximum atomic E-state index is 4.48. The standard InChI is InChI=1S/C13H12N4/c1-14-10-7-8-15-13-11(10)16-12(17-13)9-5-3-2-4-6-9/h2-8H,1H3,(H2,14,15,16,17). The maximum absolute atomic E-state index is 4.48. The lowest BCUT2D eigenvalue weighted by Crippen LogP contribution is -1.89. The molecular weight excluding hydrogens is 212 g/mol. The number of nitrogens with one attached hydrogen (secondary N) is 2. The van der Waals surface area contributed by atoms with Gasteiger partial charge in [0.25, 0.3) is 0 Å². The largest absolute Gasteiger partial charge is 0.386 e. The van der Waals surface area contributed by atoms with Crippen LogP contribution in [0.2, 0.25) is 0 Å². The minimum Gasteiger partial charge on any atom is -0.386 e. The Kier molecular flexibility index (Phi) is 2.26. The van der Waals surface area contributed by atoms with Crippen molar-refractivity contribution in [3.05, 3.63) is 42.6 Å². The Balaban J connectivity index is 2.20. The van der Waals surface area contributed by atoms with Crippen LogP contribution < -0.4 is 5.32 Å². The van der Waals surface area contributed by atoms with Crippen molar-refractivity contribution in [3.8, 4) is 11.4 Å². The smallest absolute Gasteiger partial charge is 0.180 e. The van der Waals surface area contributed by atoms with Crippen molar-refractivity contribution in [3.63, 3.8) is 0 Å². The Labute approximate surface area is 98.7 Å². The van der Waals surface area contributed by atoms with Gasteiger partial charge in [-0.1, -0.05) is 30.3 Å². The molecule has 0 amide bonds. The third-order valence-electron chi connectivity index (χ3n) is 2.71. The first-order valence-electron chi connectivity index (χ1n) is 5.46. The van der Waals surface area contributed by atoms with Crippen LogP contribution in [0.4, 0.5) is 5.69 Å². The lowest BCUT2D eigenvalue weighted by atomic mass is 10.2. The molecule has 0 aliphatic carbocycles. The molecule has 2 aromatic heterocycles. The van der Waals surface area contributed by atoms with Crippen LogP contribution in [0, 0.1) is 0 Å². The number of anilines is 1. The van der Waals surface area contributed by atoms with E-state index in [0.29, 0.717) is 0 Å². The lowest BCUT2D eigenvalue weighted by molar-refractivity contribution is 1.30. The van der Waals surface area contributed by atoms with Gasteiger partial charge in [-0.3, -0.25) is 0 Å². The van der Waals surface area contributed by atoms with Crippen molar-refractivity contribution in [1.29, 1.82) is 0 Å². The van der Waals surface area contributed by atoms with Gasteiger partial charge in [-0.15, -0.1) is 0 Å². The molecule has 2 N–H and O–H groups in total. The number of rotatable bonds is 2. The quantitative estimate of drug-likeness (QED) is 0.703. The highest BCUT2D eigenvalue weighted by molar-refractivity contribution is 5.87. The minimum atomic E-state index is 0.732. The van der Waals surface area contributed by atoms with Gasteiger partial charge in [0.1, 0.15) is 11.3 Å². The number of hydrogen-bond donors (Lipinski definition) is 2. The molecule has 17 heavy (non-hydrogen) atoms. The van der Waals surface area contributed by atoms with Gasteiger partial charge < -0.3 is 10.3 Å². The zero-order chi connectivity index (χ0) is 11.7. The molecule has 0 atom stereocenters.